The van der Waals surface area contributed by atoms with Crippen LogP contribution in [0.2, 0.25) is 0 Å². The van der Waals surface area contributed by atoms with Gasteiger partial charge in [0.1, 0.15) is 0 Å². The molecule has 2 aliphatic heterocycles. The van der Waals surface area contributed by atoms with E-state index in [1.807, 2.05) is 0 Å². The maximum absolute atomic E-state index is 4.07. The number of piperidine rings is 2. The van der Waals surface area contributed by atoms with Crippen molar-refractivity contribution in [3.05, 3.63) is 106 Å². The highest BCUT2D eigenvalue weighted by Crippen LogP contribution is 2.62. The van der Waals surface area contributed by atoms with Gasteiger partial charge in [-0.25, -0.2) is 0 Å². The van der Waals surface area contributed by atoms with E-state index < -0.39 is 0 Å². The van der Waals surface area contributed by atoms with E-state index in [1.54, 1.807) is 11.1 Å². The van der Waals surface area contributed by atoms with Gasteiger partial charge >= 0.3 is 0 Å². The maximum Gasteiger partial charge on any atom is 0.0286 e. The minimum atomic E-state index is -0.297. The van der Waals surface area contributed by atoms with Crippen LogP contribution in [-0.4, -0.2) is 35.0 Å². The summed E-state index contributed by atoms with van der Waals surface area (Å²) in [5, 5.41) is 8.67. The lowest BCUT2D eigenvalue weighted by atomic mass is 9.67. The molecule has 2 unspecified atom stereocenters. The van der Waals surface area contributed by atoms with Gasteiger partial charge in [-0.2, -0.15) is 0 Å². The van der Waals surface area contributed by atoms with Crippen LogP contribution < -0.4 is 10.6 Å². The van der Waals surface area contributed by atoms with E-state index in [2.05, 4.69) is 153 Å². The first-order valence-electron chi connectivity index (χ1n) is 18.9. The third-order valence-corrected chi connectivity index (χ3v) is 18.4. The first-order valence-corrected chi connectivity index (χ1v) is 22.1. The third-order valence-electron chi connectivity index (χ3n) is 11.3. The minimum absolute atomic E-state index is 0.135. The molecule has 0 aromatic heterocycles. The van der Waals surface area contributed by atoms with Crippen molar-refractivity contribution in [3.8, 4) is 0 Å². The third kappa shape index (κ3) is 8.65. The van der Waals surface area contributed by atoms with Gasteiger partial charge in [0, 0.05) is 22.4 Å². The zero-order chi connectivity index (χ0) is 34.7. The van der Waals surface area contributed by atoms with Crippen LogP contribution >= 0.6 is 15.8 Å². The number of benzene rings is 3. The second-order valence-corrected chi connectivity index (χ2v) is 24.1. The Hall–Kier alpha value is -1.56. The van der Waals surface area contributed by atoms with Crippen molar-refractivity contribution >= 4 is 15.8 Å². The average Bonchev–Trinajstić information content (AvgIpc) is 3.06. The summed E-state index contributed by atoms with van der Waals surface area (Å²) in [4.78, 5) is 0. The van der Waals surface area contributed by atoms with Crippen molar-refractivity contribution in [3.63, 3.8) is 0 Å². The van der Waals surface area contributed by atoms with Crippen LogP contribution in [0.5, 0.6) is 0 Å². The molecule has 0 amide bonds. The molecule has 262 valence electrons. The van der Waals surface area contributed by atoms with Crippen LogP contribution in [0.3, 0.4) is 0 Å². The van der Waals surface area contributed by atoms with E-state index >= 15 is 0 Å². The number of nitrogens with one attached hydrogen (secondary N) is 2. The summed E-state index contributed by atoms with van der Waals surface area (Å²) in [5.41, 5.74) is 8.76. The van der Waals surface area contributed by atoms with E-state index in [0.717, 1.165) is 0 Å². The molecule has 2 nitrogen and oxygen atoms in total. The lowest BCUT2D eigenvalue weighted by Crippen LogP contribution is -2.41. The Bertz CT molecular complexity index is 1420. The fraction of sp³-hybridized carbons (Fsp3) is 0.591. The summed E-state index contributed by atoms with van der Waals surface area (Å²) in [5.74, 6) is 1.30. The fourth-order valence-corrected chi connectivity index (χ4v) is 15.5. The van der Waals surface area contributed by atoms with Gasteiger partial charge in [-0.15, -0.1) is 0 Å². The first-order chi connectivity index (χ1) is 22.6. The van der Waals surface area contributed by atoms with E-state index in [4.69, 9.17) is 0 Å². The predicted octanol–water partition coefficient (Wildman–Crippen LogP) is 12.1. The molecule has 3 aromatic carbocycles. The quantitative estimate of drug-likeness (QED) is 0.208. The molecular formula is C44H66N2P2. The van der Waals surface area contributed by atoms with Crippen LogP contribution in [0, 0.1) is 0 Å². The molecule has 4 heteroatoms. The summed E-state index contributed by atoms with van der Waals surface area (Å²) < 4.78 is 0. The Morgan fingerprint density at radius 3 is 1.29 bits per heavy atom. The highest BCUT2D eigenvalue weighted by atomic mass is 31.1. The summed E-state index contributed by atoms with van der Waals surface area (Å²) in [6.07, 6.45) is 10.4. The summed E-state index contributed by atoms with van der Waals surface area (Å²) in [7, 11) is -0.567. The molecule has 2 aliphatic rings. The molecule has 2 saturated heterocycles. The lowest BCUT2D eigenvalue weighted by molar-refractivity contribution is 0.456. The Balaban J connectivity index is 1.75. The molecule has 3 aromatic rings. The van der Waals surface area contributed by atoms with E-state index in [0.29, 0.717) is 11.6 Å². The van der Waals surface area contributed by atoms with Crippen LogP contribution in [-0.2, 0) is 23.2 Å². The second kappa shape index (κ2) is 15.4. The molecule has 0 radical (unpaired) electrons. The van der Waals surface area contributed by atoms with Gasteiger partial charge in [0.15, 0.2) is 0 Å². The smallest absolute Gasteiger partial charge is 0.0286 e. The van der Waals surface area contributed by atoms with Gasteiger partial charge < -0.3 is 10.6 Å². The molecule has 0 saturated carbocycles. The van der Waals surface area contributed by atoms with Crippen molar-refractivity contribution in [2.24, 2.45) is 0 Å². The monoisotopic (exact) mass is 684 g/mol. The van der Waals surface area contributed by atoms with Crippen molar-refractivity contribution in [2.45, 2.75) is 153 Å². The molecule has 0 spiro atoms. The molecule has 2 fully saturated rings. The Morgan fingerprint density at radius 2 is 0.938 bits per heavy atom. The van der Waals surface area contributed by atoms with Crippen molar-refractivity contribution in [1.82, 2.24) is 10.6 Å². The normalized spacial score (nSPS) is 20.6. The molecule has 48 heavy (non-hydrogen) atoms. The van der Waals surface area contributed by atoms with E-state index in [9.17, 15) is 0 Å². The lowest BCUT2D eigenvalue weighted by Gasteiger charge is -2.44. The van der Waals surface area contributed by atoms with E-state index in [-0.39, 0.29) is 37.0 Å². The zero-order valence-corrected chi connectivity index (χ0v) is 33.8. The SMILES string of the molecule is CC(C)(c1ccccc1)c1cc(CP(C2CCCCN2)C2CCCCN2)c(CP(C(C)(C)C)C(C)(C)C)cc1C(C)(C)c1ccccc1. The zero-order valence-electron chi connectivity index (χ0n) is 32.0. The summed E-state index contributed by atoms with van der Waals surface area (Å²) in [6.45, 7) is 27.2. The van der Waals surface area contributed by atoms with Crippen LogP contribution in [0.15, 0.2) is 72.8 Å². The van der Waals surface area contributed by atoms with Gasteiger partial charge in [0.25, 0.3) is 0 Å². The number of hydrogen-bond acceptors (Lipinski definition) is 2. The molecular weight excluding hydrogens is 618 g/mol. The fourth-order valence-electron chi connectivity index (χ4n) is 8.56. The van der Waals surface area contributed by atoms with Crippen LogP contribution in [0.1, 0.15) is 141 Å². The van der Waals surface area contributed by atoms with Gasteiger partial charge in [0.2, 0.25) is 0 Å². The van der Waals surface area contributed by atoms with Crippen LogP contribution in [0.25, 0.3) is 0 Å². The molecule has 2 heterocycles. The van der Waals surface area contributed by atoms with E-state index in [1.165, 1.54) is 86.2 Å². The largest absolute Gasteiger partial charge is 0.310 e. The van der Waals surface area contributed by atoms with Crippen molar-refractivity contribution in [2.75, 3.05) is 13.1 Å². The number of hydrogen-bond donors (Lipinski definition) is 2. The molecule has 5 rings (SSSR count). The number of rotatable bonds is 10. The van der Waals surface area contributed by atoms with Gasteiger partial charge in [-0.1, -0.05) is 171 Å². The summed E-state index contributed by atoms with van der Waals surface area (Å²) in [6, 6.07) is 28.0. The predicted molar refractivity (Wildman–Crippen MR) is 216 cm³/mol. The van der Waals surface area contributed by atoms with Crippen molar-refractivity contribution in [1.29, 1.82) is 0 Å². The first kappa shape index (κ1) is 37.7. The Morgan fingerprint density at radius 1 is 0.542 bits per heavy atom. The molecule has 2 N–H and O–H groups in total. The Labute approximate surface area is 297 Å². The molecule has 0 aliphatic carbocycles. The molecule has 0 bridgehead atoms. The van der Waals surface area contributed by atoms with Crippen molar-refractivity contribution < 1.29 is 0 Å². The Kier molecular flexibility index (Phi) is 12.1. The van der Waals surface area contributed by atoms with Gasteiger partial charge in [0.05, 0.1) is 0 Å². The minimum Gasteiger partial charge on any atom is -0.310 e. The maximum atomic E-state index is 4.07. The molecule has 2 atom stereocenters. The van der Waals surface area contributed by atoms with Crippen LogP contribution in [0.4, 0.5) is 0 Å². The average molecular weight is 685 g/mol. The summed E-state index contributed by atoms with van der Waals surface area (Å²) >= 11 is 0. The topological polar surface area (TPSA) is 24.1 Å². The standard InChI is InChI=1S/C44H66N2P2/c1-41(2,3)48(42(4,5)6)32-34-30-38(44(9,10)36-23-15-12-16-24-36)37(43(7,8)35-21-13-11-14-22-35)29-33(34)31-47(39-25-17-19-27-45-39)40-26-18-20-28-46-40/h11-16,21-24,29-30,39-40,45-46H,17-20,25-28,31-32H2,1-10H3. The second-order valence-electron chi connectivity index (χ2n) is 17.7. The van der Waals surface area contributed by atoms with Gasteiger partial charge in [-0.05, 0) is 94.8 Å². The van der Waals surface area contributed by atoms with Gasteiger partial charge in [-0.3, -0.25) is 0 Å². The highest BCUT2D eigenvalue weighted by Gasteiger charge is 2.39. The highest BCUT2D eigenvalue weighted by molar-refractivity contribution is 7.60.